The number of amides is 1. The number of hydrogen-bond donors (Lipinski definition) is 1. The van der Waals surface area contributed by atoms with Crippen molar-refractivity contribution in [3.05, 3.63) is 34.4 Å². The topological polar surface area (TPSA) is 51.2 Å². The Labute approximate surface area is 137 Å². The highest BCUT2D eigenvalue weighted by Gasteiger charge is 2.63. The second-order valence-electron chi connectivity index (χ2n) is 6.84. The highest BCUT2D eigenvalue weighted by Crippen LogP contribution is 2.57. The first kappa shape index (κ1) is 14.2. The van der Waals surface area contributed by atoms with Gasteiger partial charge in [0.1, 0.15) is 5.82 Å². The number of rotatable bonds is 2. The second-order valence-corrected chi connectivity index (χ2v) is 7.70. The maximum absolute atomic E-state index is 12.5. The van der Waals surface area contributed by atoms with Crippen LogP contribution in [0.4, 0.5) is 5.82 Å². The van der Waals surface area contributed by atoms with E-state index >= 15 is 0 Å². The first-order valence-electron chi connectivity index (χ1n) is 7.41. The minimum Gasteiger partial charge on any atom is -0.374 e. The summed E-state index contributed by atoms with van der Waals surface area (Å²) >= 11 is 3.54. The number of ether oxygens (including phenoxy) is 1. The molecule has 22 heavy (non-hydrogen) atoms. The van der Waals surface area contributed by atoms with Crippen molar-refractivity contribution in [2.45, 2.75) is 32.3 Å². The standard InChI is InChI=1S/C17H17BrN2O2/c1-10-3-12-6-19-14(5-11(12)4-13(10)18)20-15(21)17-7-16(2,8-17)22-9-17/h3-6H,7-9H2,1-2H3,(H,19,20,21). The Morgan fingerprint density at radius 1 is 1.32 bits per heavy atom. The molecule has 5 heteroatoms. The molecule has 5 rings (SSSR count). The van der Waals surface area contributed by atoms with E-state index < -0.39 is 0 Å². The molecule has 1 saturated carbocycles. The fourth-order valence-corrected chi connectivity index (χ4v) is 4.08. The van der Waals surface area contributed by atoms with E-state index in [-0.39, 0.29) is 16.9 Å². The number of aromatic nitrogens is 1. The summed E-state index contributed by atoms with van der Waals surface area (Å²) in [6.07, 6.45) is 3.42. The van der Waals surface area contributed by atoms with E-state index in [0.717, 1.165) is 28.1 Å². The quantitative estimate of drug-likeness (QED) is 0.885. The Kier molecular flexibility index (Phi) is 2.91. The summed E-state index contributed by atoms with van der Waals surface area (Å²) in [5.41, 5.74) is 0.734. The van der Waals surface area contributed by atoms with Gasteiger partial charge in [0.25, 0.3) is 0 Å². The van der Waals surface area contributed by atoms with E-state index in [1.807, 2.05) is 13.0 Å². The number of fused-ring (bicyclic) bond motifs is 2. The molecule has 3 fully saturated rings. The molecule has 1 aromatic carbocycles. The third-order valence-corrected chi connectivity index (χ3v) is 5.70. The number of pyridine rings is 1. The Balaban J connectivity index is 1.60. The monoisotopic (exact) mass is 360 g/mol. The molecule has 1 aliphatic carbocycles. The number of carbonyl (C=O) groups is 1. The van der Waals surface area contributed by atoms with Gasteiger partial charge in [0.05, 0.1) is 17.6 Å². The van der Waals surface area contributed by atoms with Gasteiger partial charge in [-0.3, -0.25) is 4.79 Å². The molecule has 2 aliphatic heterocycles. The lowest BCUT2D eigenvalue weighted by Crippen LogP contribution is -2.49. The lowest BCUT2D eigenvalue weighted by Gasteiger charge is -2.40. The van der Waals surface area contributed by atoms with Crippen molar-refractivity contribution in [3.8, 4) is 0 Å². The fraction of sp³-hybridized carbons (Fsp3) is 0.412. The lowest BCUT2D eigenvalue weighted by molar-refractivity contribution is -0.129. The van der Waals surface area contributed by atoms with Crippen LogP contribution in [0.3, 0.4) is 0 Å². The number of benzene rings is 1. The zero-order chi connectivity index (χ0) is 15.5. The van der Waals surface area contributed by atoms with Crippen LogP contribution in [0.1, 0.15) is 25.3 Å². The van der Waals surface area contributed by atoms with Crippen molar-refractivity contribution >= 4 is 38.4 Å². The van der Waals surface area contributed by atoms with Crippen LogP contribution in [0.15, 0.2) is 28.9 Å². The smallest absolute Gasteiger partial charge is 0.234 e. The molecule has 3 heterocycles. The maximum atomic E-state index is 12.5. The Bertz CT molecular complexity index is 797. The van der Waals surface area contributed by atoms with E-state index in [9.17, 15) is 4.79 Å². The van der Waals surface area contributed by atoms with Crippen LogP contribution < -0.4 is 5.32 Å². The molecule has 0 radical (unpaired) electrons. The number of carbonyl (C=O) groups excluding carboxylic acids is 1. The average molecular weight is 361 g/mol. The van der Waals surface area contributed by atoms with E-state index in [1.165, 1.54) is 5.56 Å². The molecule has 1 amide bonds. The summed E-state index contributed by atoms with van der Waals surface area (Å²) < 4.78 is 6.74. The van der Waals surface area contributed by atoms with E-state index in [4.69, 9.17) is 4.74 Å². The van der Waals surface area contributed by atoms with Crippen LogP contribution in [0.25, 0.3) is 10.8 Å². The van der Waals surface area contributed by atoms with Crippen molar-refractivity contribution < 1.29 is 9.53 Å². The van der Waals surface area contributed by atoms with Crippen molar-refractivity contribution in [1.82, 2.24) is 4.98 Å². The minimum atomic E-state index is -0.348. The predicted octanol–water partition coefficient (Wildman–Crippen LogP) is 3.81. The van der Waals surface area contributed by atoms with Crippen LogP contribution in [0, 0.1) is 12.3 Å². The first-order valence-corrected chi connectivity index (χ1v) is 8.20. The van der Waals surface area contributed by atoms with Crippen LogP contribution in [-0.4, -0.2) is 23.1 Å². The molecule has 114 valence electrons. The van der Waals surface area contributed by atoms with Crippen LogP contribution in [-0.2, 0) is 9.53 Å². The predicted molar refractivity (Wildman–Crippen MR) is 88.8 cm³/mol. The van der Waals surface area contributed by atoms with Gasteiger partial charge in [-0.15, -0.1) is 0 Å². The number of halogens is 1. The zero-order valence-electron chi connectivity index (χ0n) is 12.6. The maximum Gasteiger partial charge on any atom is 0.234 e. The number of aryl methyl sites for hydroxylation is 1. The third kappa shape index (κ3) is 2.07. The van der Waals surface area contributed by atoms with Crippen molar-refractivity contribution in [2.24, 2.45) is 5.41 Å². The number of anilines is 1. The molecule has 2 saturated heterocycles. The van der Waals surface area contributed by atoms with Crippen molar-refractivity contribution in [1.29, 1.82) is 0 Å². The van der Waals surface area contributed by atoms with E-state index in [2.05, 4.69) is 45.3 Å². The normalized spacial score (nSPS) is 29.4. The van der Waals surface area contributed by atoms with Crippen LogP contribution >= 0.6 is 15.9 Å². The molecule has 0 unspecified atom stereocenters. The molecule has 4 nitrogen and oxygen atoms in total. The van der Waals surface area contributed by atoms with Gasteiger partial charge < -0.3 is 10.1 Å². The minimum absolute atomic E-state index is 0.0282. The third-order valence-electron chi connectivity index (χ3n) is 4.84. The Hall–Kier alpha value is -1.46. The highest BCUT2D eigenvalue weighted by atomic mass is 79.9. The van der Waals surface area contributed by atoms with E-state index in [1.54, 1.807) is 6.20 Å². The summed E-state index contributed by atoms with van der Waals surface area (Å²) in [6.45, 7) is 4.64. The fourth-order valence-electron chi connectivity index (χ4n) is 3.72. The molecule has 2 bridgehead atoms. The van der Waals surface area contributed by atoms with Crippen molar-refractivity contribution in [2.75, 3.05) is 11.9 Å². The number of hydrogen-bond acceptors (Lipinski definition) is 3. The number of nitrogens with one attached hydrogen (secondary N) is 1. The highest BCUT2D eigenvalue weighted by molar-refractivity contribution is 9.10. The van der Waals surface area contributed by atoms with Gasteiger partial charge in [-0.05, 0) is 55.8 Å². The Morgan fingerprint density at radius 3 is 2.77 bits per heavy atom. The largest absolute Gasteiger partial charge is 0.374 e. The molecule has 1 aromatic heterocycles. The Morgan fingerprint density at radius 2 is 2.09 bits per heavy atom. The summed E-state index contributed by atoms with van der Waals surface area (Å²) in [6, 6.07) is 6.06. The zero-order valence-corrected chi connectivity index (χ0v) is 14.2. The number of nitrogens with zero attached hydrogens (tertiary/aromatic N) is 1. The molecule has 0 spiro atoms. The van der Waals surface area contributed by atoms with Crippen LogP contribution in [0.2, 0.25) is 0 Å². The van der Waals surface area contributed by atoms with Gasteiger partial charge in [-0.2, -0.15) is 0 Å². The summed E-state index contributed by atoms with van der Waals surface area (Å²) in [4.78, 5) is 16.9. The second kappa shape index (κ2) is 4.52. The first-order chi connectivity index (χ1) is 10.4. The molecule has 3 aliphatic rings. The van der Waals surface area contributed by atoms with Gasteiger partial charge in [-0.1, -0.05) is 15.9 Å². The molecule has 0 atom stereocenters. The van der Waals surface area contributed by atoms with Gasteiger partial charge in [-0.25, -0.2) is 4.98 Å². The SMILES string of the molecule is Cc1cc2cnc(NC(=O)C34COC(C)(C3)C4)cc2cc1Br. The van der Waals surface area contributed by atoms with Gasteiger partial charge in [0.15, 0.2) is 0 Å². The lowest BCUT2D eigenvalue weighted by atomic mass is 9.63. The summed E-state index contributed by atoms with van der Waals surface area (Å²) in [5.74, 6) is 0.628. The van der Waals surface area contributed by atoms with Gasteiger partial charge in [0.2, 0.25) is 5.91 Å². The molecule has 2 aromatic rings. The van der Waals surface area contributed by atoms with Crippen molar-refractivity contribution in [3.63, 3.8) is 0 Å². The van der Waals surface area contributed by atoms with E-state index in [0.29, 0.717) is 12.4 Å². The summed E-state index contributed by atoms with van der Waals surface area (Å²) in [5, 5.41) is 5.08. The van der Waals surface area contributed by atoms with Gasteiger partial charge >= 0.3 is 0 Å². The molecular formula is C17H17BrN2O2. The molecule has 1 N–H and O–H groups in total. The van der Waals surface area contributed by atoms with Crippen LogP contribution in [0.5, 0.6) is 0 Å². The van der Waals surface area contributed by atoms with Gasteiger partial charge in [0, 0.05) is 16.1 Å². The average Bonchev–Trinajstić information content (AvgIpc) is 2.95. The summed E-state index contributed by atoms with van der Waals surface area (Å²) in [7, 11) is 0. The molecular weight excluding hydrogens is 344 g/mol.